The Balaban J connectivity index is 2.96. The van der Waals surface area contributed by atoms with Crippen molar-refractivity contribution in [3.63, 3.8) is 0 Å². The third-order valence-corrected chi connectivity index (χ3v) is 2.33. The lowest BCUT2D eigenvalue weighted by molar-refractivity contribution is 0.384. The van der Waals surface area contributed by atoms with Gasteiger partial charge in [0.25, 0.3) is 0 Å². The van der Waals surface area contributed by atoms with Crippen molar-refractivity contribution in [1.29, 1.82) is 0 Å². The summed E-state index contributed by atoms with van der Waals surface area (Å²) in [7, 11) is 1.44. The molecule has 0 saturated heterocycles. The van der Waals surface area contributed by atoms with Crippen molar-refractivity contribution in [1.82, 2.24) is 5.43 Å². The van der Waals surface area contributed by atoms with E-state index in [0.29, 0.717) is 6.42 Å². The van der Waals surface area contributed by atoms with E-state index in [1.165, 1.54) is 13.2 Å². The standard InChI is InChI=1S/C12H17FN2O/c1-8(2)6-11(15-14)9-4-5-10(13)12(7-9)16-3/h4-5,7,11,15H,1,6,14H2,2-3H3. The van der Waals surface area contributed by atoms with Gasteiger partial charge in [0.2, 0.25) is 0 Å². The first-order valence-electron chi connectivity index (χ1n) is 5.02. The monoisotopic (exact) mass is 224 g/mol. The fourth-order valence-corrected chi connectivity index (χ4v) is 1.51. The fourth-order valence-electron chi connectivity index (χ4n) is 1.51. The maximum absolute atomic E-state index is 13.2. The number of hydrogen-bond donors (Lipinski definition) is 2. The maximum atomic E-state index is 13.2. The Labute approximate surface area is 95.1 Å². The van der Waals surface area contributed by atoms with Gasteiger partial charge >= 0.3 is 0 Å². The van der Waals surface area contributed by atoms with Crippen molar-refractivity contribution in [2.75, 3.05) is 7.11 Å². The van der Waals surface area contributed by atoms with E-state index in [-0.39, 0.29) is 17.6 Å². The van der Waals surface area contributed by atoms with Crippen LogP contribution in [0.1, 0.15) is 24.9 Å². The molecule has 0 saturated carbocycles. The molecule has 0 heterocycles. The smallest absolute Gasteiger partial charge is 0.165 e. The number of benzene rings is 1. The van der Waals surface area contributed by atoms with Crippen LogP contribution in [0.15, 0.2) is 30.4 Å². The van der Waals surface area contributed by atoms with Crippen LogP contribution in [0, 0.1) is 5.82 Å². The zero-order valence-corrected chi connectivity index (χ0v) is 9.59. The van der Waals surface area contributed by atoms with Crippen LogP contribution in [0.2, 0.25) is 0 Å². The predicted octanol–water partition coefficient (Wildman–Crippen LogP) is 2.30. The lowest BCUT2D eigenvalue weighted by Gasteiger charge is -2.17. The number of hydrogen-bond acceptors (Lipinski definition) is 3. The lowest BCUT2D eigenvalue weighted by atomic mass is 10.0. The van der Waals surface area contributed by atoms with E-state index in [9.17, 15) is 4.39 Å². The molecule has 0 radical (unpaired) electrons. The summed E-state index contributed by atoms with van der Waals surface area (Å²) in [5.74, 6) is 5.30. The van der Waals surface area contributed by atoms with E-state index in [1.807, 2.05) is 6.92 Å². The van der Waals surface area contributed by atoms with Gasteiger partial charge in [-0.3, -0.25) is 11.3 Å². The van der Waals surface area contributed by atoms with Crippen LogP contribution in [-0.2, 0) is 0 Å². The van der Waals surface area contributed by atoms with Crippen LogP contribution in [0.25, 0.3) is 0 Å². The first-order chi connectivity index (χ1) is 7.58. The molecule has 88 valence electrons. The van der Waals surface area contributed by atoms with Crippen molar-refractivity contribution >= 4 is 0 Å². The van der Waals surface area contributed by atoms with Gasteiger partial charge in [0.1, 0.15) is 0 Å². The second kappa shape index (κ2) is 5.63. The molecule has 0 amide bonds. The Morgan fingerprint density at radius 3 is 2.81 bits per heavy atom. The van der Waals surface area contributed by atoms with Crippen LogP contribution < -0.4 is 16.0 Å². The van der Waals surface area contributed by atoms with Crippen molar-refractivity contribution in [2.45, 2.75) is 19.4 Å². The summed E-state index contributed by atoms with van der Waals surface area (Å²) in [5.41, 5.74) is 4.57. The van der Waals surface area contributed by atoms with Gasteiger partial charge in [0.05, 0.1) is 7.11 Å². The number of nitrogens with one attached hydrogen (secondary N) is 1. The molecule has 1 rings (SSSR count). The molecular weight excluding hydrogens is 207 g/mol. The summed E-state index contributed by atoms with van der Waals surface area (Å²) in [6.45, 7) is 5.75. The molecule has 0 bridgehead atoms. The number of rotatable bonds is 5. The molecule has 1 unspecified atom stereocenters. The molecule has 1 atom stereocenters. The quantitative estimate of drug-likeness (QED) is 0.458. The Morgan fingerprint density at radius 1 is 1.62 bits per heavy atom. The number of hydrazine groups is 1. The number of methoxy groups -OCH3 is 1. The minimum atomic E-state index is -0.377. The highest BCUT2D eigenvalue weighted by Crippen LogP contribution is 2.25. The third-order valence-electron chi connectivity index (χ3n) is 2.33. The van der Waals surface area contributed by atoms with Gasteiger partial charge in [-0.2, -0.15) is 0 Å². The topological polar surface area (TPSA) is 47.3 Å². The summed E-state index contributed by atoms with van der Waals surface area (Å²) >= 11 is 0. The highest BCUT2D eigenvalue weighted by molar-refractivity contribution is 5.32. The van der Waals surface area contributed by atoms with Crippen LogP contribution in [0.4, 0.5) is 4.39 Å². The van der Waals surface area contributed by atoms with E-state index in [1.54, 1.807) is 12.1 Å². The zero-order chi connectivity index (χ0) is 12.1. The molecule has 3 nitrogen and oxygen atoms in total. The zero-order valence-electron chi connectivity index (χ0n) is 9.59. The molecule has 0 aliphatic heterocycles. The summed E-state index contributed by atoms with van der Waals surface area (Å²) < 4.78 is 18.1. The largest absolute Gasteiger partial charge is 0.494 e. The van der Waals surface area contributed by atoms with Gasteiger partial charge < -0.3 is 4.74 Å². The second-order valence-electron chi connectivity index (χ2n) is 3.77. The third kappa shape index (κ3) is 3.05. The van der Waals surface area contributed by atoms with E-state index >= 15 is 0 Å². The first kappa shape index (κ1) is 12.7. The molecule has 3 N–H and O–H groups in total. The van der Waals surface area contributed by atoms with Crippen LogP contribution in [0.3, 0.4) is 0 Å². The lowest BCUT2D eigenvalue weighted by Crippen LogP contribution is -2.28. The van der Waals surface area contributed by atoms with Crippen molar-refractivity contribution < 1.29 is 9.13 Å². The molecule has 0 fully saturated rings. The summed E-state index contributed by atoms with van der Waals surface area (Å²) in [6, 6.07) is 4.62. The van der Waals surface area contributed by atoms with Crippen LogP contribution >= 0.6 is 0 Å². The number of halogens is 1. The average molecular weight is 224 g/mol. The van der Waals surface area contributed by atoms with E-state index < -0.39 is 0 Å². The van der Waals surface area contributed by atoms with Gasteiger partial charge in [0, 0.05) is 6.04 Å². The molecule has 0 aliphatic carbocycles. The van der Waals surface area contributed by atoms with Gasteiger partial charge in [-0.05, 0) is 31.0 Å². The van der Waals surface area contributed by atoms with E-state index in [4.69, 9.17) is 10.6 Å². The van der Waals surface area contributed by atoms with Gasteiger partial charge in [-0.25, -0.2) is 4.39 Å². The van der Waals surface area contributed by atoms with Crippen LogP contribution in [0.5, 0.6) is 5.75 Å². The highest BCUT2D eigenvalue weighted by Gasteiger charge is 2.12. The molecule has 0 spiro atoms. The Bertz CT molecular complexity index is 379. The number of nitrogens with two attached hydrogens (primary N) is 1. The molecule has 1 aromatic rings. The average Bonchev–Trinajstić information content (AvgIpc) is 2.26. The summed E-state index contributed by atoms with van der Waals surface area (Å²) in [6.07, 6.45) is 0.700. The summed E-state index contributed by atoms with van der Waals surface area (Å²) in [4.78, 5) is 0. The normalized spacial score (nSPS) is 12.2. The molecule has 1 aromatic carbocycles. The van der Waals surface area contributed by atoms with Crippen molar-refractivity contribution in [3.8, 4) is 5.75 Å². The first-order valence-corrected chi connectivity index (χ1v) is 5.02. The van der Waals surface area contributed by atoms with Crippen molar-refractivity contribution in [3.05, 3.63) is 41.7 Å². The van der Waals surface area contributed by atoms with Crippen LogP contribution in [-0.4, -0.2) is 7.11 Å². The molecule has 16 heavy (non-hydrogen) atoms. The minimum absolute atomic E-state index is 0.0769. The summed E-state index contributed by atoms with van der Waals surface area (Å²) in [5, 5.41) is 0. The predicted molar refractivity (Wildman–Crippen MR) is 62.4 cm³/mol. The fraction of sp³-hybridized carbons (Fsp3) is 0.333. The highest BCUT2D eigenvalue weighted by atomic mass is 19.1. The molecule has 0 aromatic heterocycles. The maximum Gasteiger partial charge on any atom is 0.165 e. The van der Waals surface area contributed by atoms with Gasteiger partial charge in [-0.15, -0.1) is 6.58 Å². The molecular formula is C12H17FN2O. The number of ether oxygens (including phenoxy) is 1. The molecule has 0 aliphatic rings. The molecule has 4 heteroatoms. The Hall–Kier alpha value is -1.39. The Kier molecular flexibility index (Phi) is 4.46. The van der Waals surface area contributed by atoms with E-state index in [2.05, 4.69) is 12.0 Å². The van der Waals surface area contributed by atoms with E-state index in [0.717, 1.165) is 11.1 Å². The SMILES string of the molecule is C=C(C)CC(NN)c1ccc(F)c(OC)c1. The van der Waals surface area contributed by atoms with Crippen molar-refractivity contribution in [2.24, 2.45) is 5.84 Å². The Morgan fingerprint density at radius 2 is 2.31 bits per heavy atom. The second-order valence-corrected chi connectivity index (χ2v) is 3.77. The van der Waals surface area contributed by atoms with Gasteiger partial charge in [-0.1, -0.05) is 11.6 Å². The van der Waals surface area contributed by atoms with Gasteiger partial charge in [0.15, 0.2) is 11.6 Å². The minimum Gasteiger partial charge on any atom is -0.494 e.